The normalized spacial score (nSPS) is 13.7. The van der Waals surface area contributed by atoms with Gasteiger partial charge < -0.3 is 9.64 Å². The number of carbonyl (C=O) groups excluding carboxylic acids is 1. The Morgan fingerprint density at radius 1 is 1.27 bits per heavy atom. The summed E-state index contributed by atoms with van der Waals surface area (Å²) in [5, 5.41) is 0.276. The molecule has 0 aliphatic carbocycles. The fraction of sp³-hybridized carbons (Fsp3) is 0.235. The molecule has 0 fully saturated rings. The molecule has 0 N–H and O–H groups in total. The van der Waals surface area contributed by atoms with Gasteiger partial charge in [0.25, 0.3) is 5.91 Å². The predicted molar refractivity (Wildman–Crippen MR) is 84.4 cm³/mol. The maximum absolute atomic E-state index is 14.0. The van der Waals surface area contributed by atoms with Crippen molar-refractivity contribution in [1.29, 1.82) is 0 Å². The standard InChI is InChI=1S/C17H15ClFNO2/c1-22-13-5-7-16-11(9-13)3-2-8-20(16)17(21)14-6-4-12(18)10-15(14)19/h4-7,9-10H,2-3,8H2,1H3. The van der Waals surface area contributed by atoms with Crippen LogP contribution in [0.4, 0.5) is 10.1 Å². The third-order valence-corrected chi connectivity index (χ3v) is 4.05. The molecule has 114 valence electrons. The maximum atomic E-state index is 14.0. The molecule has 0 saturated heterocycles. The van der Waals surface area contributed by atoms with Gasteiger partial charge in [0.1, 0.15) is 11.6 Å². The van der Waals surface area contributed by atoms with Crippen LogP contribution in [0.1, 0.15) is 22.3 Å². The molecule has 1 aliphatic heterocycles. The summed E-state index contributed by atoms with van der Waals surface area (Å²) in [6.45, 7) is 0.570. The highest BCUT2D eigenvalue weighted by molar-refractivity contribution is 6.30. The molecule has 0 aromatic heterocycles. The van der Waals surface area contributed by atoms with E-state index in [9.17, 15) is 9.18 Å². The molecule has 0 atom stereocenters. The summed E-state index contributed by atoms with van der Waals surface area (Å²) >= 11 is 5.74. The third kappa shape index (κ3) is 2.66. The van der Waals surface area contributed by atoms with E-state index in [1.165, 1.54) is 12.1 Å². The van der Waals surface area contributed by atoms with Crippen LogP contribution in [-0.2, 0) is 6.42 Å². The molecule has 2 aromatic rings. The molecule has 0 saturated carbocycles. The zero-order valence-corrected chi connectivity index (χ0v) is 12.9. The van der Waals surface area contributed by atoms with E-state index in [0.717, 1.165) is 35.9 Å². The van der Waals surface area contributed by atoms with Crippen LogP contribution in [0.15, 0.2) is 36.4 Å². The number of anilines is 1. The van der Waals surface area contributed by atoms with Crippen LogP contribution in [0.5, 0.6) is 5.75 Å². The number of hydrogen-bond acceptors (Lipinski definition) is 2. The molecule has 0 unspecified atom stereocenters. The molecular weight excluding hydrogens is 305 g/mol. The van der Waals surface area contributed by atoms with Gasteiger partial charge in [-0.3, -0.25) is 4.79 Å². The summed E-state index contributed by atoms with van der Waals surface area (Å²) in [5.74, 6) is -0.191. The van der Waals surface area contributed by atoms with E-state index in [2.05, 4.69) is 0 Å². The van der Waals surface area contributed by atoms with Gasteiger partial charge in [-0.15, -0.1) is 0 Å². The van der Waals surface area contributed by atoms with Gasteiger partial charge in [-0.2, -0.15) is 0 Å². The Labute approximate surface area is 133 Å². The lowest BCUT2D eigenvalue weighted by Crippen LogP contribution is -2.36. The first-order valence-corrected chi connectivity index (χ1v) is 7.42. The lowest BCUT2D eigenvalue weighted by Gasteiger charge is -2.30. The van der Waals surface area contributed by atoms with Crippen LogP contribution < -0.4 is 9.64 Å². The Bertz CT molecular complexity index is 733. The van der Waals surface area contributed by atoms with Crippen molar-refractivity contribution in [2.45, 2.75) is 12.8 Å². The second-order valence-electron chi connectivity index (χ2n) is 5.18. The average molecular weight is 320 g/mol. The van der Waals surface area contributed by atoms with Crippen LogP contribution in [-0.4, -0.2) is 19.6 Å². The predicted octanol–water partition coefficient (Wildman–Crippen LogP) is 4.08. The minimum atomic E-state index is -0.599. The lowest BCUT2D eigenvalue weighted by atomic mass is 10.0. The monoisotopic (exact) mass is 319 g/mol. The van der Waals surface area contributed by atoms with E-state index < -0.39 is 5.82 Å². The van der Waals surface area contributed by atoms with E-state index in [1.807, 2.05) is 18.2 Å². The van der Waals surface area contributed by atoms with Crippen molar-refractivity contribution >= 4 is 23.2 Å². The minimum Gasteiger partial charge on any atom is -0.497 e. The summed E-state index contributed by atoms with van der Waals surface area (Å²) in [5.41, 5.74) is 1.88. The number of rotatable bonds is 2. The fourth-order valence-corrected chi connectivity index (χ4v) is 2.88. The molecule has 3 nitrogen and oxygen atoms in total. The van der Waals surface area contributed by atoms with Crippen LogP contribution in [0.3, 0.4) is 0 Å². The van der Waals surface area contributed by atoms with Crippen molar-refractivity contribution in [1.82, 2.24) is 0 Å². The topological polar surface area (TPSA) is 29.5 Å². The number of hydrogen-bond donors (Lipinski definition) is 0. The van der Waals surface area contributed by atoms with Crippen LogP contribution >= 0.6 is 11.6 Å². The van der Waals surface area contributed by atoms with Gasteiger partial charge in [-0.25, -0.2) is 4.39 Å². The molecule has 2 aromatic carbocycles. The molecule has 5 heteroatoms. The number of benzene rings is 2. The summed E-state index contributed by atoms with van der Waals surface area (Å²) in [6, 6.07) is 9.69. The second kappa shape index (κ2) is 5.97. The van der Waals surface area contributed by atoms with E-state index in [1.54, 1.807) is 12.0 Å². The Morgan fingerprint density at radius 2 is 2.09 bits per heavy atom. The molecule has 1 amide bonds. The average Bonchev–Trinajstić information content (AvgIpc) is 2.53. The number of carbonyl (C=O) groups is 1. The van der Waals surface area contributed by atoms with E-state index >= 15 is 0 Å². The van der Waals surface area contributed by atoms with Crippen LogP contribution in [0.2, 0.25) is 5.02 Å². The maximum Gasteiger partial charge on any atom is 0.261 e. The highest BCUT2D eigenvalue weighted by atomic mass is 35.5. The van der Waals surface area contributed by atoms with E-state index in [0.29, 0.717) is 6.54 Å². The number of amides is 1. The van der Waals surface area contributed by atoms with Gasteiger partial charge in [-0.1, -0.05) is 11.6 Å². The highest BCUT2D eigenvalue weighted by Gasteiger charge is 2.25. The van der Waals surface area contributed by atoms with Crippen LogP contribution in [0, 0.1) is 5.82 Å². The van der Waals surface area contributed by atoms with Crippen molar-refractivity contribution in [3.05, 3.63) is 58.4 Å². The van der Waals surface area contributed by atoms with E-state index in [4.69, 9.17) is 16.3 Å². The zero-order chi connectivity index (χ0) is 15.7. The molecule has 22 heavy (non-hydrogen) atoms. The van der Waals surface area contributed by atoms with Gasteiger partial charge in [0, 0.05) is 17.3 Å². The van der Waals surface area contributed by atoms with Gasteiger partial charge in [0.05, 0.1) is 12.7 Å². The van der Waals surface area contributed by atoms with Crippen LogP contribution in [0.25, 0.3) is 0 Å². The number of fused-ring (bicyclic) bond motifs is 1. The first kappa shape index (κ1) is 14.9. The molecule has 1 aliphatic rings. The first-order valence-electron chi connectivity index (χ1n) is 7.04. The summed E-state index contributed by atoms with van der Waals surface area (Å²) < 4.78 is 19.2. The highest BCUT2D eigenvalue weighted by Crippen LogP contribution is 2.32. The van der Waals surface area contributed by atoms with Crippen molar-refractivity contribution in [2.75, 3.05) is 18.6 Å². The zero-order valence-electron chi connectivity index (χ0n) is 12.1. The largest absolute Gasteiger partial charge is 0.497 e. The minimum absolute atomic E-state index is 0.0352. The van der Waals surface area contributed by atoms with Gasteiger partial charge in [0.15, 0.2) is 0 Å². The van der Waals surface area contributed by atoms with E-state index in [-0.39, 0.29) is 16.5 Å². The fourth-order valence-electron chi connectivity index (χ4n) is 2.72. The molecule has 0 bridgehead atoms. The van der Waals surface area contributed by atoms with Gasteiger partial charge >= 0.3 is 0 Å². The first-order chi connectivity index (χ1) is 10.6. The third-order valence-electron chi connectivity index (χ3n) is 3.81. The summed E-state index contributed by atoms with van der Waals surface area (Å²) in [7, 11) is 1.61. The summed E-state index contributed by atoms with van der Waals surface area (Å²) in [4.78, 5) is 14.3. The molecule has 1 heterocycles. The number of halogens is 2. The number of ether oxygens (including phenoxy) is 1. The molecule has 3 rings (SSSR count). The number of aryl methyl sites for hydroxylation is 1. The molecule has 0 spiro atoms. The second-order valence-corrected chi connectivity index (χ2v) is 5.62. The quantitative estimate of drug-likeness (QED) is 0.834. The van der Waals surface area contributed by atoms with Crippen molar-refractivity contribution in [3.8, 4) is 5.75 Å². The van der Waals surface area contributed by atoms with Gasteiger partial charge in [-0.05, 0) is 54.8 Å². The van der Waals surface area contributed by atoms with Crippen molar-refractivity contribution in [2.24, 2.45) is 0 Å². The lowest BCUT2D eigenvalue weighted by molar-refractivity contribution is 0.0981. The number of methoxy groups -OCH3 is 1. The van der Waals surface area contributed by atoms with Gasteiger partial charge in [0.2, 0.25) is 0 Å². The summed E-state index contributed by atoms with van der Waals surface area (Å²) in [6.07, 6.45) is 1.71. The smallest absolute Gasteiger partial charge is 0.261 e. The Kier molecular flexibility index (Phi) is 4.03. The molecular formula is C17H15ClFNO2. The van der Waals surface area contributed by atoms with Crippen molar-refractivity contribution < 1.29 is 13.9 Å². The molecule has 0 radical (unpaired) electrons. The van der Waals surface area contributed by atoms with Crippen molar-refractivity contribution in [3.63, 3.8) is 0 Å². The Hall–Kier alpha value is -2.07. The number of nitrogens with zero attached hydrogens (tertiary/aromatic N) is 1. The SMILES string of the molecule is COc1ccc2c(c1)CCCN2C(=O)c1ccc(Cl)cc1F. The Balaban J connectivity index is 1.98. The Morgan fingerprint density at radius 3 is 2.82 bits per heavy atom.